The van der Waals surface area contributed by atoms with Gasteiger partial charge in [0.2, 0.25) is 0 Å². The van der Waals surface area contributed by atoms with Gasteiger partial charge in [0.15, 0.2) is 11.5 Å². The first-order valence-corrected chi connectivity index (χ1v) is 8.32. The van der Waals surface area contributed by atoms with Crippen LogP contribution in [0.5, 0.6) is 11.5 Å². The summed E-state index contributed by atoms with van der Waals surface area (Å²) in [5.41, 5.74) is 2.61. The van der Waals surface area contributed by atoms with Gasteiger partial charge in [0.1, 0.15) is 0 Å². The largest absolute Gasteiger partial charge is 0.493 e. The van der Waals surface area contributed by atoms with E-state index >= 15 is 0 Å². The summed E-state index contributed by atoms with van der Waals surface area (Å²) in [7, 11) is 3.38. The molecular weight excluding hydrogens is 312 g/mol. The predicted molar refractivity (Wildman–Crippen MR) is 98.1 cm³/mol. The first-order chi connectivity index (χ1) is 10.7. The fourth-order valence-corrected chi connectivity index (χ4v) is 3.13. The first-order valence-electron chi connectivity index (χ1n) is 8.32. The van der Waals surface area contributed by atoms with Crippen molar-refractivity contribution in [3.05, 3.63) is 23.3 Å². The zero-order chi connectivity index (χ0) is 15.9. The molecule has 4 nitrogen and oxygen atoms in total. The van der Waals surface area contributed by atoms with Crippen LogP contribution in [0.3, 0.4) is 0 Å². The fraction of sp³-hybridized carbons (Fsp3) is 0.667. The summed E-state index contributed by atoms with van der Waals surface area (Å²) in [6.45, 7) is 9.93. The Morgan fingerprint density at radius 1 is 1.13 bits per heavy atom. The molecule has 0 unspecified atom stereocenters. The Bertz CT molecular complexity index is 474. The average Bonchev–Trinajstić information content (AvgIpc) is 2.55. The second-order valence-corrected chi connectivity index (χ2v) is 6.16. The van der Waals surface area contributed by atoms with Gasteiger partial charge in [0.25, 0.3) is 0 Å². The summed E-state index contributed by atoms with van der Waals surface area (Å²) in [5.74, 6) is 2.47. The number of nitrogens with zero attached hydrogens (tertiary/aromatic N) is 1. The fourth-order valence-electron chi connectivity index (χ4n) is 3.13. The third-order valence-electron chi connectivity index (χ3n) is 4.63. The zero-order valence-corrected chi connectivity index (χ0v) is 15.7. The molecule has 1 heterocycles. The molecule has 1 aromatic rings. The van der Waals surface area contributed by atoms with E-state index in [0.717, 1.165) is 30.5 Å². The minimum absolute atomic E-state index is 0. The van der Waals surface area contributed by atoms with Crippen LogP contribution in [0.15, 0.2) is 12.1 Å². The van der Waals surface area contributed by atoms with Crippen molar-refractivity contribution in [1.82, 2.24) is 10.2 Å². The number of rotatable bonds is 7. The van der Waals surface area contributed by atoms with Crippen molar-refractivity contribution in [2.45, 2.75) is 33.2 Å². The Balaban J connectivity index is 0.00000264. The third kappa shape index (κ3) is 5.55. The van der Waals surface area contributed by atoms with Gasteiger partial charge in [0.05, 0.1) is 14.2 Å². The number of nitrogens with one attached hydrogen (secondary N) is 1. The number of halogens is 1. The average molecular weight is 343 g/mol. The van der Waals surface area contributed by atoms with Gasteiger partial charge in [0, 0.05) is 6.54 Å². The van der Waals surface area contributed by atoms with E-state index in [4.69, 9.17) is 9.47 Å². The molecule has 5 heteroatoms. The second kappa shape index (κ2) is 10.0. The summed E-state index contributed by atoms with van der Waals surface area (Å²) >= 11 is 0. The van der Waals surface area contributed by atoms with Crippen molar-refractivity contribution in [2.24, 2.45) is 5.92 Å². The van der Waals surface area contributed by atoms with Gasteiger partial charge in [-0.2, -0.15) is 0 Å². The van der Waals surface area contributed by atoms with Crippen molar-refractivity contribution in [3.8, 4) is 11.5 Å². The number of ether oxygens (including phenoxy) is 2. The van der Waals surface area contributed by atoms with E-state index in [9.17, 15) is 0 Å². The van der Waals surface area contributed by atoms with Crippen LogP contribution in [0.25, 0.3) is 0 Å². The highest BCUT2D eigenvalue weighted by Gasteiger charge is 2.20. The number of likely N-dealkylation sites (tertiary alicyclic amines) is 1. The SMILES string of the molecule is CCNCC1CCN(Cc2cc(OC)c(OC)cc2C)CC1.Cl. The van der Waals surface area contributed by atoms with Gasteiger partial charge in [-0.15, -0.1) is 12.4 Å². The van der Waals surface area contributed by atoms with Crippen LogP contribution >= 0.6 is 12.4 Å². The Morgan fingerprint density at radius 3 is 2.30 bits per heavy atom. The maximum atomic E-state index is 5.43. The number of methoxy groups -OCH3 is 2. The van der Waals surface area contributed by atoms with E-state index in [0.29, 0.717) is 0 Å². The predicted octanol–water partition coefficient (Wildman–Crippen LogP) is 3.26. The molecule has 2 rings (SSSR count). The lowest BCUT2D eigenvalue weighted by molar-refractivity contribution is 0.175. The minimum atomic E-state index is 0. The zero-order valence-electron chi connectivity index (χ0n) is 14.9. The highest BCUT2D eigenvalue weighted by molar-refractivity contribution is 5.85. The maximum absolute atomic E-state index is 5.43. The van der Waals surface area contributed by atoms with Crippen molar-refractivity contribution < 1.29 is 9.47 Å². The monoisotopic (exact) mass is 342 g/mol. The van der Waals surface area contributed by atoms with E-state index in [1.165, 1.54) is 43.6 Å². The van der Waals surface area contributed by atoms with E-state index in [-0.39, 0.29) is 12.4 Å². The molecule has 0 saturated carbocycles. The smallest absolute Gasteiger partial charge is 0.161 e. The van der Waals surface area contributed by atoms with Gasteiger partial charge >= 0.3 is 0 Å². The minimum Gasteiger partial charge on any atom is -0.493 e. The molecule has 0 aliphatic carbocycles. The third-order valence-corrected chi connectivity index (χ3v) is 4.63. The van der Waals surface area contributed by atoms with Crippen LogP contribution in [0.2, 0.25) is 0 Å². The Kier molecular flexibility index (Phi) is 8.74. The van der Waals surface area contributed by atoms with Crippen molar-refractivity contribution in [1.29, 1.82) is 0 Å². The standard InChI is InChI=1S/C18H30N2O2.ClH/c1-5-19-12-15-6-8-20(9-7-15)13-16-11-18(22-4)17(21-3)10-14(16)2;/h10-11,15,19H,5-9,12-13H2,1-4H3;1H. The van der Waals surface area contributed by atoms with Crippen LogP contribution in [0.1, 0.15) is 30.9 Å². The van der Waals surface area contributed by atoms with Crippen LogP contribution in [0.4, 0.5) is 0 Å². The lowest BCUT2D eigenvalue weighted by atomic mass is 9.96. The number of hydrogen-bond donors (Lipinski definition) is 1. The molecular formula is C18H31ClN2O2. The Hall–Kier alpha value is -0.970. The second-order valence-electron chi connectivity index (χ2n) is 6.16. The molecule has 0 aromatic heterocycles. The normalized spacial score (nSPS) is 16.0. The van der Waals surface area contributed by atoms with Gasteiger partial charge in [-0.25, -0.2) is 0 Å². The summed E-state index contributed by atoms with van der Waals surface area (Å²) in [6.07, 6.45) is 2.58. The molecule has 1 N–H and O–H groups in total. The number of benzene rings is 1. The molecule has 132 valence electrons. The molecule has 23 heavy (non-hydrogen) atoms. The van der Waals surface area contributed by atoms with E-state index in [1.807, 2.05) is 0 Å². The topological polar surface area (TPSA) is 33.7 Å². The summed E-state index contributed by atoms with van der Waals surface area (Å²) < 4.78 is 10.8. The van der Waals surface area contributed by atoms with Gasteiger partial charge in [-0.3, -0.25) is 4.90 Å². The number of hydrogen-bond acceptors (Lipinski definition) is 4. The van der Waals surface area contributed by atoms with Crippen molar-refractivity contribution >= 4 is 12.4 Å². The Labute approximate surface area is 146 Å². The van der Waals surface area contributed by atoms with Crippen LogP contribution in [-0.4, -0.2) is 45.3 Å². The first kappa shape index (κ1) is 20.1. The lowest BCUT2D eigenvalue weighted by Gasteiger charge is -2.32. The van der Waals surface area contributed by atoms with Crippen LogP contribution < -0.4 is 14.8 Å². The number of piperidine rings is 1. The Morgan fingerprint density at radius 2 is 1.74 bits per heavy atom. The van der Waals surface area contributed by atoms with Gasteiger partial charge in [-0.05, 0) is 75.1 Å². The highest BCUT2D eigenvalue weighted by atomic mass is 35.5. The molecule has 1 aliphatic rings. The van der Waals surface area contributed by atoms with Crippen molar-refractivity contribution in [3.63, 3.8) is 0 Å². The molecule has 0 amide bonds. The van der Waals surface area contributed by atoms with Crippen LogP contribution in [0, 0.1) is 12.8 Å². The summed E-state index contributed by atoms with van der Waals surface area (Å²) in [6, 6.07) is 4.20. The summed E-state index contributed by atoms with van der Waals surface area (Å²) in [5, 5.41) is 3.47. The molecule has 0 spiro atoms. The lowest BCUT2D eigenvalue weighted by Crippen LogP contribution is -2.37. The molecule has 1 aliphatic heterocycles. The van der Waals surface area contributed by atoms with Gasteiger partial charge in [-0.1, -0.05) is 6.92 Å². The van der Waals surface area contributed by atoms with E-state index < -0.39 is 0 Å². The van der Waals surface area contributed by atoms with E-state index in [1.54, 1.807) is 14.2 Å². The van der Waals surface area contributed by atoms with Crippen LogP contribution in [-0.2, 0) is 6.54 Å². The summed E-state index contributed by atoms with van der Waals surface area (Å²) in [4.78, 5) is 2.55. The molecule has 0 bridgehead atoms. The molecule has 1 saturated heterocycles. The van der Waals surface area contributed by atoms with Gasteiger partial charge < -0.3 is 14.8 Å². The molecule has 1 fully saturated rings. The number of aryl methyl sites for hydroxylation is 1. The molecule has 1 aromatic carbocycles. The molecule has 0 atom stereocenters. The molecule has 0 radical (unpaired) electrons. The highest BCUT2D eigenvalue weighted by Crippen LogP contribution is 2.31. The quantitative estimate of drug-likeness (QED) is 0.824. The van der Waals surface area contributed by atoms with Crippen molar-refractivity contribution in [2.75, 3.05) is 40.4 Å². The van der Waals surface area contributed by atoms with E-state index in [2.05, 4.69) is 36.2 Å². The maximum Gasteiger partial charge on any atom is 0.161 e.